The molecule has 2 rings (SSSR count). The third-order valence-corrected chi connectivity index (χ3v) is 3.36. The summed E-state index contributed by atoms with van der Waals surface area (Å²) in [6.07, 6.45) is 0.337. The van der Waals surface area contributed by atoms with E-state index in [0.717, 1.165) is 23.0 Å². The predicted molar refractivity (Wildman–Crippen MR) is 86.0 cm³/mol. The van der Waals surface area contributed by atoms with Crippen LogP contribution in [0.2, 0.25) is 5.02 Å². The molecule has 1 aromatic heterocycles. The van der Waals surface area contributed by atoms with E-state index in [9.17, 15) is 4.79 Å². The van der Waals surface area contributed by atoms with Gasteiger partial charge in [0.15, 0.2) is 0 Å². The molecule has 2 N–H and O–H groups in total. The van der Waals surface area contributed by atoms with E-state index in [1.165, 1.54) is 5.56 Å². The highest BCUT2D eigenvalue weighted by Crippen LogP contribution is 2.25. The van der Waals surface area contributed by atoms with E-state index < -0.39 is 11.7 Å². The van der Waals surface area contributed by atoms with Crippen LogP contribution in [0.25, 0.3) is 10.9 Å². The number of hydrogen-bond donors (Lipinski definition) is 2. The van der Waals surface area contributed by atoms with Crippen molar-refractivity contribution in [2.24, 2.45) is 0 Å². The van der Waals surface area contributed by atoms with E-state index in [4.69, 9.17) is 16.3 Å². The molecule has 1 heterocycles. The van der Waals surface area contributed by atoms with E-state index in [1.807, 2.05) is 45.9 Å². The van der Waals surface area contributed by atoms with Crippen molar-refractivity contribution >= 4 is 28.6 Å². The molecule has 0 saturated carbocycles. The third kappa shape index (κ3) is 4.14. The van der Waals surface area contributed by atoms with Crippen LogP contribution in [0, 0.1) is 6.92 Å². The molecular weight excluding hydrogens is 288 g/mol. The van der Waals surface area contributed by atoms with Gasteiger partial charge in [-0.05, 0) is 57.9 Å². The van der Waals surface area contributed by atoms with Crippen LogP contribution < -0.4 is 5.32 Å². The van der Waals surface area contributed by atoms with E-state index in [0.29, 0.717) is 11.6 Å². The number of amides is 1. The molecule has 0 fully saturated rings. The number of nitrogens with one attached hydrogen (secondary N) is 2. The lowest BCUT2D eigenvalue weighted by molar-refractivity contribution is 0.0528. The maximum atomic E-state index is 11.6. The Labute approximate surface area is 129 Å². The molecular formula is C16H21ClN2O2. The Morgan fingerprint density at radius 2 is 2.10 bits per heavy atom. The number of alkyl carbamates (subject to hydrolysis) is 1. The summed E-state index contributed by atoms with van der Waals surface area (Å²) in [7, 11) is 0. The Morgan fingerprint density at radius 1 is 1.38 bits per heavy atom. The Balaban J connectivity index is 2.02. The van der Waals surface area contributed by atoms with Crippen molar-refractivity contribution in [3.8, 4) is 0 Å². The normalized spacial score (nSPS) is 11.7. The van der Waals surface area contributed by atoms with E-state index in [1.54, 1.807) is 0 Å². The summed E-state index contributed by atoms with van der Waals surface area (Å²) in [5.41, 5.74) is 2.85. The number of ether oxygens (including phenoxy) is 1. The fraction of sp³-hybridized carbons (Fsp3) is 0.438. The number of hydrogen-bond acceptors (Lipinski definition) is 2. The Morgan fingerprint density at radius 3 is 2.76 bits per heavy atom. The molecule has 0 saturated heterocycles. The molecule has 0 aliphatic carbocycles. The molecule has 4 nitrogen and oxygen atoms in total. The highest BCUT2D eigenvalue weighted by molar-refractivity contribution is 6.31. The number of benzene rings is 1. The Hall–Kier alpha value is -1.68. The SMILES string of the molecule is Cc1[nH]c2ccc(Cl)cc2c1CCNC(=O)OC(C)(C)C. The van der Waals surface area contributed by atoms with E-state index in [-0.39, 0.29) is 0 Å². The maximum absolute atomic E-state index is 11.6. The number of aryl methyl sites for hydroxylation is 1. The number of fused-ring (bicyclic) bond motifs is 1. The van der Waals surface area contributed by atoms with Gasteiger partial charge in [0.1, 0.15) is 5.60 Å². The molecule has 0 unspecified atom stereocenters. The summed E-state index contributed by atoms with van der Waals surface area (Å²) in [6, 6.07) is 5.78. The van der Waals surface area contributed by atoms with Gasteiger partial charge < -0.3 is 15.0 Å². The van der Waals surface area contributed by atoms with Gasteiger partial charge in [-0.1, -0.05) is 11.6 Å². The first-order valence-corrected chi connectivity index (χ1v) is 7.37. The van der Waals surface area contributed by atoms with E-state index >= 15 is 0 Å². The molecule has 5 heteroatoms. The first-order valence-electron chi connectivity index (χ1n) is 7.00. The van der Waals surface area contributed by atoms with Gasteiger partial charge in [0, 0.05) is 28.2 Å². The molecule has 0 bridgehead atoms. The summed E-state index contributed by atoms with van der Waals surface area (Å²) in [6.45, 7) is 8.08. The fourth-order valence-corrected chi connectivity index (χ4v) is 2.45. The molecule has 1 amide bonds. The molecule has 0 aliphatic rings. The van der Waals surface area contributed by atoms with Crippen molar-refractivity contribution in [1.82, 2.24) is 10.3 Å². The number of carbonyl (C=O) groups excluding carboxylic acids is 1. The van der Waals surface area contributed by atoms with E-state index in [2.05, 4.69) is 10.3 Å². The molecule has 0 atom stereocenters. The van der Waals surface area contributed by atoms with Crippen molar-refractivity contribution in [3.05, 3.63) is 34.5 Å². The lowest BCUT2D eigenvalue weighted by atomic mass is 10.1. The Kier molecular flexibility index (Phi) is 4.47. The average molecular weight is 309 g/mol. The van der Waals surface area contributed by atoms with Crippen molar-refractivity contribution in [3.63, 3.8) is 0 Å². The number of aromatic amines is 1. The van der Waals surface area contributed by atoms with Crippen molar-refractivity contribution in [2.45, 2.75) is 39.7 Å². The third-order valence-electron chi connectivity index (χ3n) is 3.12. The second-order valence-corrected chi connectivity index (χ2v) is 6.53. The second kappa shape index (κ2) is 5.98. The molecule has 0 spiro atoms. The van der Waals surface area contributed by atoms with Crippen molar-refractivity contribution < 1.29 is 9.53 Å². The quantitative estimate of drug-likeness (QED) is 0.893. The Bertz CT molecular complexity index is 656. The number of aromatic nitrogens is 1. The number of halogens is 1. The maximum Gasteiger partial charge on any atom is 0.407 e. The average Bonchev–Trinajstić information content (AvgIpc) is 2.63. The minimum absolute atomic E-state index is 0.391. The largest absolute Gasteiger partial charge is 0.444 e. The number of carbonyl (C=O) groups is 1. The minimum atomic E-state index is -0.478. The first-order chi connectivity index (χ1) is 9.76. The van der Waals surface area contributed by atoms with Crippen molar-refractivity contribution in [2.75, 3.05) is 6.54 Å². The topological polar surface area (TPSA) is 54.1 Å². The van der Waals surface area contributed by atoms with Gasteiger partial charge in [-0.25, -0.2) is 4.79 Å². The second-order valence-electron chi connectivity index (χ2n) is 6.10. The first kappa shape index (κ1) is 15.7. The van der Waals surface area contributed by atoms with Gasteiger partial charge in [-0.15, -0.1) is 0 Å². The van der Waals surface area contributed by atoms with Crippen molar-refractivity contribution in [1.29, 1.82) is 0 Å². The fourth-order valence-electron chi connectivity index (χ4n) is 2.28. The molecule has 21 heavy (non-hydrogen) atoms. The highest BCUT2D eigenvalue weighted by Gasteiger charge is 2.16. The van der Waals surface area contributed by atoms with Gasteiger partial charge in [0.05, 0.1) is 0 Å². The van der Waals surface area contributed by atoms with Crippen LogP contribution in [0.3, 0.4) is 0 Å². The molecule has 2 aromatic rings. The zero-order chi connectivity index (χ0) is 15.6. The monoisotopic (exact) mass is 308 g/mol. The summed E-state index contributed by atoms with van der Waals surface area (Å²) in [4.78, 5) is 15.0. The zero-order valence-corrected chi connectivity index (χ0v) is 13.6. The number of rotatable bonds is 3. The smallest absolute Gasteiger partial charge is 0.407 e. The lowest BCUT2D eigenvalue weighted by Crippen LogP contribution is -2.33. The van der Waals surface area contributed by atoms with Crippen LogP contribution in [0.4, 0.5) is 4.79 Å². The molecule has 0 radical (unpaired) electrons. The van der Waals surface area contributed by atoms with Crippen LogP contribution in [0.1, 0.15) is 32.0 Å². The van der Waals surface area contributed by atoms with Gasteiger partial charge in [-0.3, -0.25) is 0 Å². The molecule has 114 valence electrons. The highest BCUT2D eigenvalue weighted by atomic mass is 35.5. The standard InChI is InChI=1S/C16H21ClN2O2/c1-10-12(7-8-18-15(20)21-16(2,3)4)13-9-11(17)5-6-14(13)19-10/h5-6,9,19H,7-8H2,1-4H3,(H,18,20). The van der Waals surface area contributed by atoms with Crippen LogP contribution >= 0.6 is 11.6 Å². The van der Waals surface area contributed by atoms with Crippen LogP contribution in [-0.2, 0) is 11.2 Å². The van der Waals surface area contributed by atoms with Crippen LogP contribution in [-0.4, -0.2) is 23.2 Å². The minimum Gasteiger partial charge on any atom is -0.444 e. The van der Waals surface area contributed by atoms with Gasteiger partial charge >= 0.3 is 6.09 Å². The molecule has 0 aliphatic heterocycles. The summed E-state index contributed by atoms with van der Waals surface area (Å²) in [5, 5.41) is 4.59. The van der Waals surface area contributed by atoms with Gasteiger partial charge in [0.25, 0.3) is 0 Å². The van der Waals surface area contributed by atoms with Crippen LogP contribution in [0.15, 0.2) is 18.2 Å². The molecule has 1 aromatic carbocycles. The predicted octanol–water partition coefficient (Wildman–Crippen LogP) is 4.20. The zero-order valence-electron chi connectivity index (χ0n) is 12.8. The summed E-state index contributed by atoms with van der Waals surface area (Å²) < 4.78 is 5.21. The van der Waals surface area contributed by atoms with Gasteiger partial charge in [0.2, 0.25) is 0 Å². The summed E-state index contributed by atoms with van der Waals surface area (Å²) >= 11 is 6.05. The summed E-state index contributed by atoms with van der Waals surface area (Å²) in [5.74, 6) is 0. The number of H-pyrrole nitrogens is 1. The van der Waals surface area contributed by atoms with Crippen LogP contribution in [0.5, 0.6) is 0 Å². The lowest BCUT2D eigenvalue weighted by Gasteiger charge is -2.19. The van der Waals surface area contributed by atoms with Gasteiger partial charge in [-0.2, -0.15) is 0 Å².